The summed E-state index contributed by atoms with van der Waals surface area (Å²) in [6.45, 7) is 15.5. The summed E-state index contributed by atoms with van der Waals surface area (Å²) in [7, 11) is -4.83. The zero-order valence-electron chi connectivity index (χ0n) is 12.9. The monoisotopic (exact) mass is 294 g/mol. The Kier molecular flexibility index (Phi) is 5.85. The molecule has 0 aromatic heterocycles. The van der Waals surface area contributed by atoms with Crippen LogP contribution in [0.25, 0.3) is 0 Å². The highest BCUT2D eigenvalue weighted by molar-refractivity contribution is 7.63. The molecule has 0 saturated carbocycles. The largest absolute Gasteiger partial charge is 0.464 e. The Morgan fingerprint density at radius 2 is 1.72 bits per heavy atom. The molecule has 18 heavy (non-hydrogen) atoms. The summed E-state index contributed by atoms with van der Waals surface area (Å²) in [5.74, 6) is -1.44. The molecule has 0 aliphatic carbocycles. The summed E-state index contributed by atoms with van der Waals surface area (Å²) >= 11 is 0. The molecule has 0 aromatic carbocycles. The summed E-state index contributed by atoms with van der Waals surface area (Å²) in [5, 5.41) is -0.0348. The van der Waals surface area contributed by atoms with Gasteiger partial charge in [-0.25, -0.2) is 4.79 Å². The van der Waals surface area contributed by atoms with E-state index in [0.29, 0.717) is 0 Å². The highest BCUT2D eigenvalue weighted by Gasteiger charge is 2.44. The van der Waals surface area contributed by atoms with E-state index in [9.17, 15) is 9.36 Å². The molecule has 6 heteroatoms. The van der Waals surface area contributed by atoms with Crippen molar-refractivity contribution in [3.8, 4) is 0 Å². The maximum Gasteiger partial charge on any atom is 0.341 e. The predicted molar refractivity (Wildman–Crippen MR) is 78.2 cm³/mol. The van der Waals surface area contributed by atoms with E-state index in [2.05, 4.69) is 20.8 Å². The molecule has 0 heterocycles. The molecule has 0 amide bonds. The smallest absolute Gasteiger partial charge is 0.341 e. The Labute approximate surface area is 112 Å². The number of carbonyl (C=O) groups is 1. The highest BCUT2D eigenvalue weighted by Crippen LogP contribution is 2.48. The van der Waals surface area contributed by atoms with Crippen molar-refractivity contribution in [3.63, 3.8) is 0 Å². The zero-order valence-corrected chi connectivity index (χ0v) is 14.8. The maximum atomic E-state index is 12.2. The van der Waals surface area contributed by atoms with Crippen LogP contribution in [0.15, 0.2) is 0 Å². The second kappa shape index (κ2) is 5.89. The van der Waals surface area contributed by atoms with Gasteiger partial charge >= 0.3 is 5.97 Å². The van der Waals surface area contributed by atoms with Gasteiger partial charge in [0, 0.05) is 0 Å². The van der Waals surface area contributed by atoms with E-state index in [0.717, 1.165) is 0 Å². The molecule has 0 spiro atoms. The van der Waals surface area contributed by atoms with E-state index < -0.39 is 27.3 Å². The van der Waals surface area contributed by atoms with Gasteiger partial charge in [-0.05, 0) is 38.4 Å². The van der Waals surface area contributed by atoms with Crippen LogP contribution in [-0.2, 0) is 18.5 Å². The number of esters is 1. The fourth-order valence-corrected chi connectivity index (χ4v) is 4.49. The molecular weight excluding hydrogens is 267 g/mol. The Hall–Kier alpha value is -0.123. The third-order valence-corrected chi connectivity index (χ3v) is 9.35. The van der Waals surface area contributed by atoms with Crippen molar-refractivity contribution in [1.29, 1.82) is 0 Å². The van der Waals surface area contributed by atoms with Crippen molar-refractivity contribution < 1.29 is 18.5 Å². The third-order valence-electron chi connectivity index (χ3n) is 3.27. The standard InChI is InChI=1S/C12H27O4PSi/c1-9-15-10(13)11(17(5,6)14)16-18(7,8)12(2,3)4/h11H,9H2,1-8H3. The van der Waals surface area contributed by atoms with Gasteiger partial charge in [-0.2, -0.15) is 0 Å². The average molecular weight is 294 g/mol. The molecule has 0 aliphatic heterocycles. The van der Waals surface area contributed by atoms with Crippen LogP contribution in [0, 0.1) is 0 Å². The fraction of sp³-hybridized carbons (Fsp3) is 0.917. The lowest BCUT2D eigenvalue weighted by Crippen LogP contribution is -2.46. The first kappa shape index (κ1) is 17.9. The number of hydrogen-bond acceptors (Lipinski definition) is 4. The zero-order chi connectivity index (χ0) is 14.8. The number of rotatable bonds is 5. The number of carbonyl (C=O) groups excluding carboxylic acids is 1. The summed E-state index contributed by atoms with van der Waals surface area (Å²) in [6, 6.07) is 0. The van der Waals surface area contributed by atoms with Crippen LogP contribution in [0.3, 0.4) is 0 Å². The Bertz CT molecular complexity index is 340. The lowest BCUT2D eigenvalue weighted by Gasteiger charge is -2.39. The molecule has 0 rings (SSSR count). The number of ether oxygens (including phenoxy) is 1. The molecule has 108 valence electrons. The van der Waals surface area contributed by atoms with Crippen molar-refractivity contribution in [2.45, 2.75) is 51.7 Å². The molecule has 0 N–H and O–H groups in total. The molecule has 1 unspecified atom stereocenters. The van der Waals surface area contributed by atoms with Crippen LogP contribution in [0.2, 0.25) is 18.1 Å². The molecule has 0 saturated heterocycles. The SMILES string of the molecule is CCOC(=O)C(O[Si](C)(C)C(C)(C)C)P(C)(C)=O. The highest BCUT2D eigenvalue weighted by atomic mass is 31.2. The molecule has 0 fully saturated rings. The van der Waals surface area contributed by atoms with E-state index in [4.69, 9.17) is 9.16 Å². The van der Waals surface area contributed by atoms with Crippen LogP contribution in [0.1, 0.15) is 27.7 Å². The van der Waals surface area contributed by atoms with Crippen LogP contribution < -0.4 is 0 Å². The van der Waals surface area contributed by atoms with Gasteiger partial charge in [0.2, 0.25) is 0 Å². The molecular formula is C12H27O4PSi. The minimum Gasteiger partial charge on any atom is -0.464 e. The first-order chi connectivity index (χ1) is 7.83. The van der Waals surface area contributed by atoms with Crippen molar-refractivity contribution in [2.75, 3.05) is 19.9 Å². The summed E-state index contributed by atoms with van der Waals surface area (Å²) in [4.78, 5) is 11.9. The summed E-state index contributed by atoms with van der Waals surface area (Å²) in [5.41, 5.74) is 0. The van der Waals surface area contributed by atoms with E-state index in [1.54, 1.807) is 20.3 Å². The topological polar surface area (TPSA) is 52.6 Å². The molecule has 0 bridgehead atoms. The van der Waals surface area contributed by atoms with Crippen molar-refractivity contribution >= 4 is 21.4 Å². The van der Waals surface area contributed by atoms with Gasteiger partial charge in [0.25, 0.3) is 0 Å². The quantitative estimate of drug-likeness (QED) is 0.442. The van der Waals surface area contributed by atoms with Crippen LogP contribution in [0.5, 0.6) is 0 Å². The van der Waals surface area contributed by atoms with E-state index >= 15 is 0 Å². The van der Waals surface area contributed by atoms with Crippen molar-refractivity contribution in [2.24, 2.45) is 0 Å². The second-order valence-corrected chi connectivity index (χ2v) is 14.5. The molecule has 4 nitrogen and oxygen atoms in total. The van der Waals surface area contributed by atoms with Gasteiger partial charge in [-0.1, -0.05) is 20.8 Å². The maximum absolute atomic E-state index is 12.2. The van der Waals surface area contributed by atoms with Crippen LogP contribution >= 0.6 is 7.14 Å². The van der Waals surface area contributed by atoms with Gasteiger partial charge in [-0.15, -0.1) is 0 Å². The van der Waals surface area contributed by atoms with E-state index in [1.807, 2.05) is 13.1 Å². The van der Waals surface area contributed by atoms with Gasteiger partial charge < -0.3 is 13.7 Å². The van der Waals surface area contributed by atoms with Crippen molar-refractivity contribution in [1.82, 2.24) is 0 Å². The molecule has 0 aromatic rings. The average Bonchev–Trinajstić information content (AvgIpc) is 2.10. The van der Waals surface area contributed by atoms with Gasteiger partial charge in [0.05, 0.1) is 6.61 Å². The summed E-state index contributed by atoms with van der Waals surface area (Å²) in [6.07, 6.45) is 0. The number of hydrogen-bond donors (Lipinski definition) is 0. The first-order valence-electron chi connectivity index (χ1n) is 6.22. The molecule has 1 atom stereocenters. The predicted octanol–water partition coefficient (Wildman–Crippen LogP) is 3.52. The Morgan fingerprint density at radius 1 is 1.28 bits per heavy atom. The van der Waals surface area contributed by atoms with Crippen LogP contribution in [-0.4, -0.2) is 40.1 Å². The van der Waals surface area contributed by atoms with Gasteiger partial charge in [-0.3, -0.25) is 0 Å². The first-order valence-corrected chi connectivity index (χ1v) is 11.8. The minimum absolute atomic E-state index is 0.0348. The van der Waals surface area contributed by atoms with Crippen molar-refractivity contribution in [3.05, 3.63) is 0 Å². The Balaban J connectivity index is 5.16. The molecule has 0 aliphatic rings. The normalized spacial score (nSPS) is 15.3. The van der Waals surface area contributed by atoms with Gasteiger partial charge in [0.15, 0.2) is 14.2 Å². The lowest BCUT2D eigenvalue weighted by molar-refractivity contribution is -0.148. The second-order valence-electron chi connectivity index (χ2n) is 6.42. The third kappa shape index (κ3) is 4.86. The van der Waals surface area contributed by atoms with E-state index in [-0.39, 0.29) is 11.6 Å². The lowest BCUT2D eigenvalue weighted by atomic mass is 10.2. The van der Waals surface area contributed by atoms with Gasteiger partial charge in [0.1, 0.15) is 7.14 Å². The molecule has 0 radical (unpaired) electrons. The Morgan fingerprint density at radius 3 is 2.00 bits per heavy atom. The summed E-state index contributed by atoms with van der Waals surface area (Å²) < 4.78 is 23.2. The van der Waals surface area contributed by atoms with Crippen LogP contribution in [0.4, 0.5) is 0 Å². The fourth-order valence-electron chi connectivity index (χ4n) is 1.10. The van der Waals surface area contributed by atoms with E-state index in [1.165, 1.54) is 0 Å². The minimum atomic E-state index is -2.69.